The third-order valence-corrected chi connectivity index (χ3v) is 5.72. The van der Waals surface area contributed by atoms with Crippen LogP contribution >= 0.6 is 23.4 Å². The molecule has 6 nitrogen and oxygen atoms in total. The van der Waals surface area contributed by atoms with Gasteiger partial charge in [0.25, 0.3) is 0 Å². The topological polar surface area (TPSA) is 71.8 Å². The molecule has 2 heterocycles. The molecule has 0 radical (unpaired) electrons. The average Bonchev–Trinajstić information content (AvgIpc) is 3.01. The summed E-state index contributed by atoms with van der Waals surface area (Å²) in [4.78, 5) is 17.9. The van der Waals surface area contributed by atoms with E-state index >= 15 is 0 Å². The highest BCUT2D eigenvalue weighted by atomic mass is 35.5. The Balaban J connectivity index is 1.43. The van der Waals surface area contributed by atoms with Crippen molar-refractivity contribution in [3.63, 3.8) is 0 Å². The predicted molar refractivity (Wildman–Crippen MR) is 106 cm³/mol. The number of halogens is 1. The predicted octanol–water partition coefficient (Wildman–Crippen LogP) is 3.45. The zero-order chi connectivity index (χ0) is 18.4. The van der Waals surface area contributed by atoms with E-state index in [1.54, 1.807) is 16.4 Å². The molecule has 1 aliphatic rings. The van der Waals surface area contributed by atoms with E-state index in [4.69, 9.17) is 11.6 Å². The Bertz CT molecular complexity index is 728. The fourth-order valence-corrected chi connectivity index (χ4v) is 3.89. The minimum Gasteiger partial charge on any atom is -0.317 e. The maximum atomic E-state index is 12.2. The summed E-state index contributed by atoms with van der Waals surface area (Å²) in [5.74, 6) is 2.61. The highest BCUT2D eigenvalue weighted by Gasteiger charge is 2.21. The van der Waals surface area contributed by atoms with E-state index in [1.807, 2.05) is 31.3 Å². The minimum atomic E-state index is -0.0194. The monoisotopic (exact) mass is 393 g/mol. The average molecular weight is 394 g/mol. The van der Waals surface area contributed by atoms with Crippen LogP contribution in [0, 0.1) is 0 Å². The normalized spacial score (nSPS) is 15.2. The molecular weight excluding hydrogens is 370 g/mol. The Morgan fingerprint density at radius 2 is 2.08 bits per heavy atom. The summed E-state index contributed by atoms with van der Waals surface area (Å²) < 4.78 is 1.66. The van der Waals surface area contributed by atoms with Crippen LogP contribution < -0.4 is 10.6 Å². The number of thioether (sulfide) groups is 1. The number of hydrogen-bond acceptors (Lipinski definition) is 5. The van der Waals surface area contributed by atoms with Crippen LogP contribution in [0.15, 0.2) is 29.2 Å². The lowest BCUT2D eigenvalue weighted by atomic mass is 9.98. The van der Waals surface area contributed by atoms with E-state index in [2.05, 4.69) is 20.7 Å². The van der Waals surface area contributed by atoms with Crippen LogP contribution in [0.5, 0.6) is 0 Å². The van der Waals surface area contributed by atoms with E-state index in [0.29, 0.717) is 18.3 Å². The number of hydrogen-bond donors (Lipinski definition) is 2. The summed E-state index contributed by atoms with van der Waals surface area (Å²) in [5.41, 5.74) is 0. The van der Waals surface area contributed by atoms with Gasteiger partial charge in [-0.2, -0.15) is 10.1 Å². The molecule has 2 aromatic rings. The largest absolute Gasteiger partial charge is 0.317 e. The minimum absolute atomic E-state index is 0.0194. The standard InChI is InChI=1S/C18H24ClN5OS/c1-24-18(22-17(23-24)13-8-10-20-11-9-13)21-16(25)3-2-12-26-15-6-4-14(19)5-7-15/h4-7,13,20H,2-3,8-12H2,1H3,(H,21,22,23,25). The molecule has 0 spiro atoms. The van der Waals surface area contributed by atoms with Gasteiger partial charge in [-0.05, 0) is 62.4 Å². The molecular formula is C18H24ClN5OS. The summed E-state index contributed by atoms with van der Waals surface area (Å²) in [6.45, 7) is 1.99. The third-order valence-electron chi connectivity index (χ3n) is 4.37. The first-order valence-corrected chi connectivity index (χ1v) is 10.3. The van der Waals surface area contributed by atoms with Gasteiger partial charge in [0.1, 0.15) is 0 Å². The zero-order valence-electron chi connectivity index (χ0n) is 14.9. The number of nitrogens with zero attached hydrogens (tertiary/aromatic N) is 3. The number of amides is 1. The van der Waals surface area contributed by atoms with Gasteiger partial charge >= 0.3 is 0 Å². The Kier molecular flexibility index (Phi) is 6.93. The number of rotatable bonds is 7. The number of anilines is 1. The summed E-state index contributed by atoms with van der Waals surface area (Å²) in [7, 11) is 1.82. The fraction of sp³-hybridized carbons (Fsp3) is 0.500. The van der Waals surface area contributed by atoms with Crippen molar-refractivity contribution in [2.24, 2.45) is 7.05 Å². The van der Waals surface area contributed by atoms with Gasteiger partial charge in [-0.25, -0.2) is 4.68 Å². The second-order valence-corrected chi connectivity index (χ2v) is 8.00. The molecule has 8 heteroatoms. The van der Waals surface area contributed by atoms with Gasteiger partial charge in [0.05, 0.1) is 0 Å². The van der Waals surface area contributed by atoms with Crippen LogP contribution in [-0.4, -0.2) is 39.5 Å². The van der Waals surface area contributed by atoms with Crippen LogP contribution in [0.25, 0.3) is 0 Å². The lowest BCUT2D eigenvalue weighted by Gasteiger charge is -2.19. The Labute approximate surface area is 163 Å². The van der Waals surface area contributed by atoms with Crippen molar-refractivity contribution in [2.45, 2.75) is 36.5 Å². The van der Waals surface area contributed by atoms with E-state index in [0.717, 1.165) is 53.8 Å². The Morgan fingerprint density at radius 3 is 2.81 bits per heavy atom. The van der Waals surface area contributed by atoms with Crippen molar-refractivity contribution in [2.75, 3.05) is 24.2 Å². The van der Waals surface area contributed by atoms with Crippen molar-refractivity contribution in [3.05, 3.63) is 35.1 Å². The van der Waals surface area contributed by atoms with Crippen LogP contribution in [0.3, 0.4) is 0 Å². The van der Waals surface area contributed by atoms with Crippen LogP contribution in [-0.2, 0) is 11.8 Å². The molecule has 2 N–H and O–H groups in total. The second-order valence-electron chi connectivity index (χ2n) is 6.40. The number of carbonyl (C=O) groups is 1. The summed E-state index contributed by atoms with van der Waals surface area (Å²) in [6.07, 6.45) is 3.35. The van der Waals surface area contributed by atoms with Gasteiger partial charge in [0, 0.05) is 29.3 Å². The molecule has 1 saturated heterocycles. The van der Waals surface area contributed by atoms with E-state index in [9.17, 15) is 4.79 Å². The van der Waals surface area contributed by atoms with Crippen molar-refractivity contribution in [1.29, 1.82) is 0 Å². The smallest absolute Gasteiger partial charge is 0.227 e. The first kappa shape index (κ1) is 19.2. The molecule has 1 amide bonds. The molecule has 0 saturated carbocycles. The number of aryl methyl sites for hydroxylation is 1. The quantitative estimate of drug-likeness (QED) is 0.556. The number of piperidine rings is 1. The molecule has 0 atom stereocenters. The second kappa shape index (κ2) is 9.39. The van der Waals surface area contributed by atoms with E-state index in [-0.39, 0.29) is 5.91 Å². The van der Waals surface area contributed by atoms with Crippen molar-refractivity contribution >= 4 is 35.2 Å². The lowest BCUT2D eigenvalue weighted by molar-refractivity contribution is -0.116. The van der Waals surface area contributed by atoms with E-state index < -0.39 is 0 Å². The van der Waals surface area contributed by atoms with Crippen molar-refractivity contribution in [3.8, 4) is 0 Å². The van der Waals surface area contributed by atoms with Crippen LogP contribution in [0.4, 0.5) is 5.95 Å². The molecule has 0 unspecified atom stereocenters. The summed E-state index contributed by atoms with van der Waals surface area (Å²) in [5, 5.41) is 11.4. The van der Waals surface area contributed by atoms with Crippen LogP contribution in [0.2, 0.25) is 5.02 Å². The van der Waals surface area contributed by atoms with Crippen molar-refractivity contribution in [1.82, 2.24) is 20.1 Å². The van der Waals surface area contributed by atoms with E-state index in [1.165, 1.54) is 0 Å². The number of carbonyl (C=O) groups excluding carboxylic acids is 1. The summed E-state index contributed by atoms with van der Waals surface area (Å²) in [6, 6.07) is 7.75. The third kappa shape index (κ3) is 5.46. The van der Waals surface area contributed by atoms with Gasteiger partial charge in [-0.3, -0.25) is 10.1 Å². The molecule has 1 aromatic carbocycles. The highest BCUT2D eigenvalue weighted by molar-refractivity contribution is 7.99. The molecule has 1 aliphatic heterocycles. The zero-order valence-corrected chi connectivity index (χ0v) is 16.4. The Morgan fingerprint density at radius 1 is 1.35 bits per heavy atom. The van der Waals surface area contributed by atoms with Crippen molar-refractivity contribution < 1.29 is 4.79 Å². The first-order valence-electron chi connectivity index (χ1n) is 8.91. The van der Waals surface area contributed by atoms with Gasteiger partial charge in [-0.1, -0.05) is 11.6 Å². The highest BCUT2D eigenvalue weighted by Crippen LogP contribution is 2.24. The maximum absolute atomic E-state index is 12.2. The molecule has 140 valence electrons. The molecule has 0 aliphatic carbocycles. The van der Waals surface area contributed by atoms with Gasteiger partial charge < -0.3 is 5.32 Å². The molecule has 1 aromatic heterocycles. The number of benzene rings is 1. The molecule has 26 heavy (non-hydrogen) atoms. The maximum Gasteiger partial charge on any atom is 0.227 e. The SMILES string of the molecule is Cn1nc(C2CCNCC2)nc1NC(=O)CCCSc1ccc(Cl)cc1. The number of aromatic nitrogens is 3. The first-order chi connectivity index (χ1) is 12.6. The summed E-state index contributed by atoms with van der Waals surface area (Å²) >= 11 is 7.60. The fourth-order valence-electron chi connectivity index (χ4n) is 2.91. The lowest BCUT2D eigenvalue weighted by Crippen LogP contribution is -2.27. The Hall–Kier alpha value is -1.57. The molecule has 0 bridgehead atoms. The number of nitrogens with one attached hydrogen (secondary N) is 2. The molecule has 3 rings (SSSR count). The van der Waals surface area contributed by atoms with Crippen LogP contribution in [0.1, 0.15) is 37.4 Å². The molecule has 1 fully saturated rings. The van der Waals surface area contributed by atoms with Gasteiger partial charge in [0.2, 0.25) is 11.9 Å². The van der Waals surface area contributed by atoms with Gasteiger partial charge in [0.15, 0.2) is 5.82 Å². The van der Waals surface area contributed by atoms with Gasteiger partial charge in [-0.15, -0.1) is 11.8 Å².